The van der Waals surface area contributed by atoms with Crippen molar-refractivity contribution in [3.05, 3.63) is 29.8 Å². The maximum absolute atomic E-state index is 11.6. The normalized spacial score (nSPS) is 10.2. The molecule has 0 spiro atoms. The van der Waals surface area contributed by atoms with Gasteiger partial charge in [-0.25, -0.2) is 4.79 Å². The minimum atomic E-state index is -0.301. The van der Waals surface area contributed by atoms with Crippen molar-refractivity contribution in [2.24, 2.45) is 0 Å². The molecule has 0 aliphatic rings. The van der Waals surface area contributed by atoms with E-state index >= 15 is 0 Å². The predicted octanol–water partition coefficient (Wildman–Crippen LogP) is 2.53. The molecule has 0 saturated carbocycles. The fourth-order valence-electron chi connectivity index (χ4n) is 2.89. The smallest absolute Gasteiger partial charge is 0.349 e. The Hall–Kier alpha value is -2.24. The largest absolute Gasteiger partial charge is 0.493 e. The van der Waals surface area contributed by atoms with Crippen LogP contribution >= 0.6 is 0 Å². The number of hydrogen-bond donors (Lipinski definition) is 0. The maximum atomic E-state index is 11.6. The molecule has 0 aromatic heterocycles. The highest BCUT2D eigenvalue weighted by Gasteiger charge is 2.21. The first-order chi connectivity index (χ1) is 12.4. The number of ether oxygens (including phenoxy) is 2. The molecule has 0 fully saturated rings. The van der Waals surface area contributed by atoms with Gasteiger partial charge in [-0.2, -0.15) is 0 Å². The van der Waals surface area contributed by atoms with Gasteiger partial charge in [0.15, 0.2) is 0 Å². The molecule has 6 nitrogen and oxygen atoms in total. The fourth-order valence-corrected chi connectivity index (χ4v) is 2.89. The van der Waals surface area contributed by atoms with E-state index in [0.717, 1.165) is 31.7 Å². The Morgan fingerprint density at radius 3 is 2.23 bits per heavy atom. The Bertz CT molecular complexity index is 578. The van der Waals surface area contributed by atoms with Gasteiger partial charge in [-0.05, 0) is 37.6 Å². The lowest BCUT2D eigenvalue weighted by molar-refractivity contribution is -0.476. The van der Waals surface area contributed by atoms with Crippen molar-refractivity contribution >= 4 is 11.9 Å². The third kappa shape index (κ3) is 6.94. The molecular formula is C20H34N3O3+. The Morgan fingerprint density at radius 1 is 1.08 bits per heavy atom. The summed E-state index contributed by atoms with van der Waals surface area (Å²) in [5.41, 5.74) is 0.546. The van der Waals surface area contributed by atoms with Crippen LogP contribution in [0.3, 0.4) is 0 Å². The first-order valence-electron chi connectivity index (χ1n) is 9.27. The Morgan fingerprint density at radius 2 is 1.73 bits per heavy atom. The molecule has 0 unspecified atom stereocenters. The van der Waals surface area contributed by atoms with Crippen molar-refractivity contribution in [3.63, 3.8) is 0 Å². The number of benzene rings is 1. The minimum Gasteiger partial charge on any atom is -0.493 e. The number of hydrogen-bond acceptors (Lipinski definition) is 3. The predicted molar refractivity (Wildman–Crippen MR) is 105 cm³/mol. The lowest BCUT2D eigenvalue weighted by Gasteiger charge is -2.24. The summed E-state index contributed by atoms with van der Waals surface area (Å²) in [5.74, 6) is 1.67. The number of carbonyl (C=O) groups excluding carboxylic acids is 1. The van der Waals surface area contributed by atoms with E-state index in [-0.39, 0.29) is 5.97 Å². The number of nitrogens with zero attached hydrogens (tertiary/aromatic N) is 3. The van der Waals surface area contributed by atoms with Gasteiger partial charge >= 0.3 is 11.9 Å². The van der Waals surface area contributed by atoms with E-state index in [1.54, 1.807) is 19.1 Å². The summed E-state index contributed by atoms with van der Waals surface area (Å²) in [6.07, 6.45) is 2.02. The molecule has 0 amide bonds. The van der Waals surface area contributed by atoms with Crippen molar-refractivity contribution in [2.45, 2.75) is 26.7 Å². The van der Waals surface area contributed by atoms with E-state index in [1.807, 2.05) is 12.1 Å². The van der Waals surface area contributed by atoms with E-state index in [4.69, 9.17) is 9.47 Å². The maximum Gasteiger partial charge on any atom is 0.349 e. The second kappa shape index (κ2) is 11.4. The van der Waals surface area contributed by atoms with Gasteiger partial charge in [0.05, 0.1) is 60.1 Å². The van der Waals surface area contributed by atoms with Crippen LogP contribution in [0.15, 0.2) is 24.3 Å². The summed E-state index contributed by atoms with van der Waals surface area (Å²) in [6, 6.07) is 7.10. The van der Waals surface area contributed by atoms with E-state index < -0.39 is 0 Å². The highest BCUT2D eigenvalue weighted by molar-refractivity contribution is 5.89. The first kappa shape index (κ1) is 21.8. The summed E-state index contributed by atoms with van der Waals surface area (Å²) >= 11 is 0. The second-order valence-corrected chi connectivity index (χ2v) is 6.52. The van der Waals surface area contributed by atoms with Crippen molar-refractivity contribution in [1.29, 1.82) is 0 Å². The van der Waals surface area contributed by atoms with Crippen molar-refractivity contribution in [1.82, 2.24) is 9.80 Å². The first-order valence-corrected chi connectivity index (χ1v) is 9.27. The fraction of sp³-hybridized carbons (Fsp3) is 0.600. The molecule has 146 valence electrons. The lowest BCUT2D eigenvalue weighted by Crippen LogP contribution is -2.46. The Balaban J connectivity index is 2.53. The molecule has 0 radical (unpaired) electrons. The summed E-state index contributed by atoms with van der Waals surface area (Å²) in [7, 11) is 8.28. The van der Waals surface area contributed by atoms with E-state index in [9.17, 15) is 4.79 Å². The van der Waals surface area contributed by atoms with Crippen LogP contribution in [0.4, 0.5) is 0 Å². The van der Waals surface area contributed by atoms with E-state index in [0.29, 0.717) is 18.8 Å². The molecule has 0 heterocycles. The zero-order valence-corrected chi connectivity index (χ0v) is 17.1. The summed E-state index contributed by atoms with van der Waals surface area (Å²) in [5, 5.41) is 0. The summed E-state index contributed by atoms with van der Waals surface area (Å²) < 4.78 is 12.9. The van der Waals surface area contributed by atoms with Crippen molar-refractivity contribution in [2.75, 3.05) is 54.5 Å². The molecular weight excluding hydrogens is 330 g/mol. The standard InChI is InChI=1S/C20H34N3O3/c1-7-14-23(20(21(3)4)22(5)6)15-9-16-26-18-12-10-17(11-13-18)19(24)25-8-2/h10-13H,7-9,14-16H2,1-6H3/q+1. The van der Waals surface area contributed by atoms with Gasteiger partial charge < -0.3 is 9.47 Å². The van der Waals surface area contributed by atoms with Gasteiger partial charge in [0.25, 0.3) is 0 Å². The molecule has 6 heteroatoms. The molecule has 0 aliphatic heterocycles. The van der Waals surface area contributed by atoms with Gasteiger partial charge in [0.1, 0.15) is 5.75 Å². The highest BCUT2D eigenvalue weighted by atomic mass is 16.5. The van der Waals surface area contributed by atoms with Crippen molar-refractivity contribution in [3.8, 4) is 5.75 Å². The SMILES string of the molecule is CCCN(CCCOc1ccc(C(=O)OCC)cc1)C(N(C)C)=[N+](C)C. The van der Waals surface area contributed by atoms with Crippen LogP contribution < -0.4 is 4.74 Å². The van der Waals surface area contributed by atoms with Crippen LogP contribution in [0.5, 0.6) is 5.75 Å². The average molecular weight is 365 g/mol. The molecule has 1 aromatic rings. The van der Waals surface area contributed by atoms with Crippen LogP contribution in [-0.2, 0) is 4.74 Å². The summed E-state index contributed by atoms with van der Waals surface area (Å²) in [4.78, 5) is 16.2. The van der Waals surface area contributed by atoms with Gasteiger partial charge in [0, 0.05) is 6.42 Å². The van der Waals surface area contributed by atoms with Crippen LogP contribution in [0, 0.1) is 0 Å². The van der Waals surface area contributed by atoms with Gasteiger partial charge in [0.2, 0.25) is 0 Å². The molecule has 26 heavy (non-hydrogen) atoms. The molecule has 0 N–H and O–H groups in total. The van der Waals surface area contributed by atoms with Crippen LogP contribution in [0.25, 0.3) is 0 Å². The molecule has 0 bridgehead atoms. The highest BCUT2D eigenvalue weighted by Crippen LogP contribution is 2.13. The zero-order valence-electron chi connectivity index (χ0n) is 17.1. The Labute approximate surface area is 158 Å². The molecule has 1 aromatic carbocycles. The van der Waals surface area contributed by atoms with Crippen molar-refractivity contribution < 1.29 is 18.8 Å². The summed E-state index contributed by atoms with van der Waals surface area (Å²) in [6.45, 7) is 6.95. The second-order valence-electron chi connectivity index (χ2n) is 6.52. The topological polar surface area (TPSA) is 45.0 Å². The number of rotatable bonds is 9. The van der Waals surface area contributed by atoms with Gasteiger partial charge in [-0.3, -0.25) is 14.4 Å². The molecule has 0 atom stereocenters. The van der Waals surface area contributed by atoms with Crippen LogP contribution in [0.1, 0.15) is 37.0 Å². The van der Waals surface area contributed by atoms with Crippen LogP contribution in [-0.4, -0.2) is 80.8 Å². The Kier molecular flexibility index (Phi) is 9.55. The monoisotopic (exact) mass is 364 g/mol. The van der Waals surface area contributed by atoms with Gasteiger partial charge in [-0.15, -0.1) is 0 Å². The number of guanidine groups is 1. The lowest BCUT2D eigenvalue weighted by atomic mass is 10.2. The molecule has 0 saturated heterocycles. The quantitative estimate of drug-likeness (QED) is 0.222. The average Bonchev–Trinajstić information content (AvgIpc) is 2.59. The zero-order chi connectivity index (χ0) is 19.5. The minimum absolute atomic E-state index is 0.301. The number of carbonyl (C=O) groups is 1. The van der Waals surface area contributed by atoms with E-state index in [2.05, 4.69) is 49.5 Å². The third-order valence-electron chi connectivity index (χ3n) is 3.78. The van der Waals surface area contributed by atoms with E-state index in [1.165, 1.54) is 5.96 Å². The van der Waals surface area contributed by atoms with Gasteiger partial charge in [-0.1, -0.05) is 6.92 Å². The van der Waals surface area contributed by atoms with Crippen LogP contribution in [0.2, 0.25) is 0 Å². The molecule has 0 aliphatic carbocycles. The molecule has 1 rings (SSSR count). The third-order valence-corrected chi connectivity index (χ3v) is 3.78. The number of esters is 1.